The summed E-state index contributed by atoms with van der Waals surface area (Å²) in [6, 6.07) is 9.92. The average molecular weight is 478 g/mol. The molecule has 1 saturated heterocycles. The second-order valence-corrected chi connectivity index (χ2v) is 8.36. The highest BCUT2D eigenvalue weighted by molar-refractivity contribution is 6.06. The summed E-state index contributed by atoms with van der Waals surface area (Å²) in [5.74, 6) is -1.89. The summed E-state index contributed by atoms with van der Waals surface area (Å²) in [6.07, 6.45) is -3.55. The molecule has 1 aliphatic rings. The van der Waals surface area contributed by atoms with Crippen LogP contribution in [0.3, 0.4) is 0 Å². The van der Waals surface area contributed by atoms with Crippen molar-refractivity contribution in [3.63, 3.8) is 0 Å². The van der Waals surface area contributed by atoms with Gasteiger partial charge in [0.1, 0.15) is 11.7 Å². The van der Waals surface area contributed by atoms with Crippen LogP contribution in [-0.4, -0.2) is 41.7 Å². The molecule has 2 aromatic carbocycles. The molecule has 0 saturated carbocycles. The van der Waals surface area contributed by atoms with Crippen LogP contribution in [-0.2, 0) is 22.2 Å². The van der Waals surface area contributed by atoms with Crippen LogP contribution in [0.25, 0.3) is 0 Å². The zero-order valence-corrected chi connectivity index (χ0v) is 18.4. The van der Waals surface area contributed by atoms with E-state index in [2.05, 4.69) is 5.32 Å². The van der Waals surface area contributed by atoms with Crippen molar-refractivity contribution in [2.24, 2.45) is 11.7 Å². The standard InChI is InChI=1S/C24H26F4N4O2/c25-20-7-2-1-4-16(20)13-19(29)14-21(33)32-10-8-15(9-11-32)23(34)31-22(30)17-5-3-6-18(12-17)24(26,27)28/h1-7,12,15,19H,8-11,13-14,29H2,(H2,30,31,34)/t19-/m1/s1. The van der Waals surface area contributed by atoms with Gasteiger partial charge < -0.3 is 16.0 Å². The van der Waals surface area contributed by atoms with E-state index in [0.29, 0.717) is 31.5 Å². The fourth-order valence-corrected chi connectivity index (χ4v) is 3.91. The second-order valence-electron chi connectivity index (χ2n) is 8.36. The van der Waals surface area contributed by atoms with Gasteiger partial charge in [-0.25, -0.2) is 4.39 Å². The monoisotopic (exact) mass is 478 g/mol. The first-order chi connectivity index (χ1) is 16.0. The number of rotatable bonds is 6. The van der Waals surface area contributed by atoms with Crippen LogP contribution in [0.15, 0.2) is 48.5 Å². The van der Waals surface area contributed by atoms with E-state index in [4.69, 9.17) is 11.1 Å². The highest BCUT2D eigenvalue weighted by Crippen LogP contribution is 2.29. The number of halogens is 4. The molecule has 3 rings (SSSR count). The molecule has 182 valence electrons. The maximum atomic E-state index is 13.8. The SMILES string of the molecule is N=C(NC(=O)C1CCN(C(=O)C[C@H](N)Cc2ccccc2F)CC1)c1cccc(C(F)(F)F)c1. The van der Waals surface area contributed by atoms with Crippen molar-refractivity contribution in [2.45, 2.75) is 37.9 Å². The van der Waals surface area contributed by atoms with Gasteiger partial charge in [0.15, 0.2) is 0 Å². The van der Waals surface area contributed by atoms with Gasteiger partial charge in [0.25, 0.3) is 0 Å². The molecule has 6 nitrogen and oxygen atoms in total. The number of hydrogen-bond acceptors (Lipinski definition) is 4. The molecule has 4 N–H and O–H groups in total. The quantitative estimate of drug-likeness (QED) is 0.337. The number of carbonyl (C=O) groups excluding carboxylic acids is 2. The summed E-state index contributed by atoms with van der Waals surface area (Å²) in [6.45, 7) is 0.639. The van der Waals surface area contributed by atoms with E-state index in [9.17, 15) is 27.2 Å². The second kappa shape index (κ2) is 10.8. The Morgan fingerprint density at radius 1 is 1.12 bits per heavy atom. The summed E-state index contributed by atoms with van der Waals surface area (Å²) in [7, 11) is 0. The molecule has 1 fully saturated rings. The third-order valence-electron chi connectivity index (χ3n) is 5.82. The van der Waals surface area contributed by atoms with Gasteiger partial charge in [-0.05, 0) is 43.0 Å². The Bertz CT molecular complexity index is 1050. The smallest absolute Gasteiger partial charge is 0.343 e. The lowest BCUT2D eigenvalue weighted by Gasteiger charge is -2.32. The third-order valence-corrected chi connectivity index (χ3v) is 5.82. The minimum atomic E-state index is -4.54. The minimum absolute atomic E-state index is 0.0420. The first kappa shape index (κ1) is 25.4. The van der Waals surface area contributed by atoms with Crippen LogP contribution in [0.1, 0.15) is 36.0 Å². The van der Waals surface area contributed by atoms with E-state index < -0.39 is 35.4 Å². The normalized spacial score (nSPS) is 15.6. The first-order valence-corrected chi connectivity index (χ1v) is 10.9. The van der Waals surface area contributed by atoms with E-state index in [-0.39, 0.29) is 30.1 Å². The number of hydrogen-bond donors (Lipinski definition) is 3. The predicted molar refractivity (Wildman–Crippen MR) is 118 cm³/mol. The maximum absolute atomic E-state index is 13.8. The van der Waals surface area contributed by atoms with Gasteiger partial charge in [-0.15, -0.1) is 0 Å². The van der Waals surface area contributed by atoms with Gasteiger partial charge in [0.2, 0.25) is 11.8 Å². The van der Waals surface area contributed by atoms with Crippen molar-refractivity contribution in [2.75, 3.05) is 13.1 Å². The fraction of sp³-hybridized carbons (Fsp3) is 0.375. The number of benzene rings is 2. The van der Waals surface area contributed by atoms with Gasteiger partial charge in [0, 0.05) is 37.0 Å². The number of carbonyl (C=O) groups is 2. The van der Waals surface area contributed by atoms with Crippen molar-refractivity contribution in [3.05, 3.63) is 71.0 Å². The predicted octanol–water partition coefficient (Wildman–Crippen LogP) is 3.48. The number of amides is 2. The van der Waals surface area contributed by atoms with Crippen LogP contribution in [0.4, 0.5) is 17.6 Å². The summed E-state index contributed by atoms with van der Waals surface area (Å²) in [4.78, 5) is 26.7. The average Bonchev–Trinajstić information content (AvgIpc) is 2.80. The van der Waals surface area contributed by atoms with E-state index in [1.165, 1.54) is 18.2 Å². The summed E-state index contributed by atoms with van der Waals surface area (Å²) < 4.78 is 52.4. The zero-order chi connectivity index (χ0) is 24.9. The van der Waals surface area contributed by atoms with Crippen molar-refractivity contribution in [1.29, 1.82) is 5.41 Å². The number of nitrogens with one attached hydrogen (secondary N) is 2. The lowest BCUT2D eigenvalue weighted by molar-refractivity contribution is -0.137. The van der Waals surface area contributed by atoms with Gasteiger partial charge >= 0.3 is 6.18 Å². The molecule has 1 atom stereocenters. The number of nitrogens with two attached hydrogens (primary N) is 1. The van der Waals surface area contributed by atoms with Crippen molar-refractivity contribution in [3.8, 4) is 0 Å². The Balaban J connectivity index is 1.47. The number of alkyl halides is 3. The van der Waals surface area contributed by atoms with Crippen LogP contribution >= 0.6 is 0 Å². The van der Waals surface area contributed by atoms with Crippen LogP contribution in [0, 0.1) is 17.1 Å². The number of nitrogens with zero attached hydrogens (tertiary/aromatic N) is 1. The Morgan fingerprint density at radius 2 is 1.79 bits per heavy atom. The summed E-state index contributed by atoms with van der Waals surface area (Å²) in [5, 5.41) is 10.3. The van der Waals surface area contributed by atoms with Gasteiger partial charge in [-0.1, -0.05) is 30.3 Å². The van der Waals surface area contributed by atoms with Crippen LogP contribution < -0.4 is 11.1 Å². The van der Waals surface area contributed by atoms with Crippen molar-refractivity contribution >= 4 is 17.6 Å². The molecule has 34 heavy (non-hydrogen) atoms. The molecular formula is C24H26F4N4O2. The van der Waals surface area contributed by atoms with Gasteiger partial charge in [-0.2, -0.15) is 13.2 Å². The molecule has 0 radical (unpaired) electrons. The van der Waals surface area contributed by atoms with E-state index in [1.807, 2.05) is 0 Å². The lowest BCUT2D eigenvalue weighted by Crippen LogP contribution is -2.45. The van der Waals surface area contributed by atoms with E-state index in [1.54, 1.807) is 23.1 Å². The molecular weight excluding hydrogens is 452 g/mol. The van der Waals surface area contributed by atoms with Gasteiger partial charge in [0.05, 0.1) is 5.56 Å². The molecule has 0 aromatic heterocycles. The summed E-state index contributed by atoms with van der Waals surface area (Å²) >= 11 is 0. The third kappa shape index (κ3) is 6.63. The minimum Gasteiger partial charge on any atom is -0.343 e. The zero-order valence-electron chi connectivity index (χ0n) is 18.4. The Labute approximate surface area is 194 Å². The Kier molecular flexibility index (Phi) is 8.03. The van der Waals surface area contributed by atoms with Crippen molar-refractivity contribution < 1.29 is 27.2 Å². The van der Waals surface area contributed by atoms with Gasteiger partial charge in [-0.3, -0.25) is 15.0 Å². The molecule has 10 heteroatoms. The number of likely N-dealkylation sites (tertiary alicyclic amines) is 1. The highest BCUT2D eigenvalue weighted by Gasteiger charge is 2.31. The van der Waals surface area contributed by atoms with E-state index >= 15 is 0 Å². The molecule has 0 aliphatic carbocycles. The molecule has 1 aliphatic heterocycles. The Hall–Kier alpha value is -3.27. The van der Waals surface area contributed by atoms with Crippen LogP contribution in [0.5, 0.6) is 0 Å². The molecule has 1 heterocycles. The first-order valence-electron chi connectivity index (χ1n) is 10.9. The lowest BCUT2D eigenvalue weighted by atomic mass is 9.95. The molecule has 0 spiro atoms. The molecule has 2 aromatic rings. The van der Waals surface area contributed by atoms with Crippen LogP contribution in [0.2, 0.25) is 0 Å². The van der Waals surface area contributed by atoms with Crippen molar-refractivity contribution in [1.82, 2.24) is 10.2 Å². The summed E-state index contributed by atoms with van der Waals surface area (Å²) in [5.41, 5.74) is 5.54. The topological polar surface area (TPSA) is 99.3 Å². The highest BCUT2D eigenvalue weighted by atomic mass is 19.4. The molecule has 0 bridgehead atoms. The Morgan fingerprint density at radius 3 is 2.44 bits per heavy atom. The molecule has 0 unspecified atom stereocenters. The maximum Gasteiger partial charge on any atom is 0.416 e. The number of piperidine rings is 1. The molecule has 2 amide bonds. The largest absolute Gasteiger partial charge is 0.416 e. The number of amidine groups is 1. The van der Waals surface area contributed by atoms with E-state index in [0.717, 1.165) is 12.1 Å². The fourth-order valence-electron chi connectivity index (χ4n) is 3.91.